The number of amides is 2. The second-order valence-electron chi connectivity index (χ2n) is 7.65. The minimum atomic E-state index is -0.176. The average Bonchev–Trinajstić information content (AvgIpc) is 3.19. The summed E-state index contributed by atoms with van der Waals surface area (Å²) in [5.74, 6) is 0.519. The van der Waals surface area contributed by atoms with Crippen LogP contribution >= 0.6 is 11.8 Å². The van der Waals surface area contributed by atoms with Gasteiger partial charge in [0, 0.05) is 17.8 Å². The molecule has 1 heterocycles. The first-order valence-corrected chi connectivity index (χ1v) is 11.8. The Morgan fingerprint density at radius 2 is 1.94 bits per heavy atom. The van der Waals surface area contributed by atoms with Gasteiger partial charge < -0.3 is 15.2 Å². The van der Waals surface area contributed by atoms with Crippen LogP contribution in [0.3, 0.4) is 0 Å². The molecule has 3 rings (SSSR count). The Kier molecular flexibility index (Phi) is 8.43. The molecule has 33 heavy (non-hydrogen) atoms. The van der Waals surface area contributed by atoms with Crippen molar-refractivity contribution in [1.82, 2.24) is 20.1 Å². The molecular weight excluding hydrogens is 434 g/mol. The van der Waals surface area contributed by atoms with Gasteiger partial charge in [-0.3, -0.25) is 9.59 Å². The predicted octanol–water partition coefficient (Wildman–Crippen LogP) is 4.30. The van der Waals surface area contributed by atoms with Crippen LogP contribution < -0.4 is 10.6 Å². The SMILES string of the molecule is C=CCn1c(CNC(=O)c2cccc(C)c2)nnc1SCC(=O)Nc1c(C)cccc1CC. The fraction of sp³-hybridized carbons (Fsp3) is 0.280. The Balaban J connectivity index is 1.64. The van der Waals surface area contributed by atoms with Gasteiger partial charge in [-0.2, -0.15) is 0 Å². The predicted molar refractivity (Wildman–Crippen MR) is 132 cm³/mol. The second-order valence-corrected chi connectivity index (χ2v) is 8.59. The van der Waals surface area contributed by atoms with Crippen LogP contribution in [0.4, 0.5) is 5.69 Å². The summed E-state index contributed by atoms with van der Waals surface area (Å²) in [6, 6.07) is 13.4. The number of carbonyl (C=O) groups is 2. The summed E-state index contributed by atoms with van der Waals surface area (Å²) in [5, 5.41) is 15.0. The molecule has 0 radical (unpaired) electrons. The molecule has 172 valence electrons. The summed E-state index contributed by atoms with van der Waals surface area (Å²) >= 11 is 1.30. The third-order valence-electron chi connectivity index (χ3n) is 5.13. The first kappa shape index (κ1) is 24.3. The van der Waals surface area contributed by atoms with Crippen molar-refractivity contribution in [2.75, 3.05) is 11.1 Å². The van der Waals surface area contributed by atoms with Gasteiger partial charge in [0.25, 0.3) is 5.91 Å². The minimum absolute atomic E-state index is 0.105. The number of hydrogen-bond acceptors (Lipinski definition) is 5. The van der Waals surface area contributed by atoms with Gasteiger partial charge in [0.05, 0.1) is 12.3 Å². The first-order chi connectivity index (χ1) is 15.9. The molecule has 8 heteroatoms. The van der Waals surface area contributed by atoms with Crippen LogP contribution in [0.1, 0.15) is 39.8 Å². The van der Waals surface area contributed by atoms with E-state index in [-0.39, 0.29) is 24.1 Å². The molecule has 0 fully saturated rings. The number of anilines is 1. The summed E-state index contributed by atoms with van der Waals surface area (Å²) in [5.41, 5.74) is 4.63. The Labute approximate surface area is 198 Å². The monoisotopic (exact) mass is 463 g/mol. The number of aryl methyl sites for hydroxylation is 3. The normalized spacial score (nSPS) is 10.6. The van der Waals surface area contributed by atoms with E-state index < -0.39 is 0 Å². The second kappa shape index (κ2) is 11.5. The lowest BCUT2D eigenvalue weighted by atomic mass is 10.1. The van der Waals surface area contributed by atoms with Crippen LogP contribution in [-0.4, -0.2) is 32.3 Å². The largest absolute Gasteiger partial charge is 0.345 e. The summed E-state index contributed by atoms with van der Waals surface area (Å²) < 4.78 is 1.85. The number of benzene rings is 2. The maximum absolute atomic E-state index is 12.6. The Bertz CT molecular complexity index is 1160. The Morgan fingerprint density at radius 3 is 2.67 bits per heavy atom. The van der Waals surface area contributed by atoms with Crippen molar-refractivity contribution in [3.05, 3.63) is 83.2 Å². The fourth-order valence-electron chi connectivity index (χ4n) is 3.42. The first-order valence-electron chi connectivity index (χ1n) is 10.8. The van der Waals surface area contributed by atoms with E-state index in [1.165, 1.54) is 11.8 Å². The van der Waals surface area contributed by atoms with Gasteiger partial charge >= 0.3 is 0 Å². The van der Waals surface area contributed by atoms with Crippen LogP contribution in [0.2, 0.25) is 0 Å². The van der Waals surface area contributed by atoms with E-state index in [1.807, 2.05) is 54.8 Å². The topological polar surface area (TPSA) is 88.9 Å². The molecular formula is C25H29N5O2S. The van der Waals surface area contributed by atoms with E-state index in [0.29, 0.717) is 23.1 Å². The van der Waals surface area contributed by atoms with E-state index in [4.69, 9.17) is 0 Å². The van der Waals surface area contributed by atoms with Crippen LogP contribution in [-0.2, 0) is 24.3 Å². The fourth-order valence-corrected chi connectivity index (χ4v) is 4.19. The number of allylic oxidation sites excluding steroid dienone is 1. The molecule has 0 saturated heterocycles. The summed E-state index contributed by atoms with van der Waals surface area (Å²) in [4.78, 5) is 25.1. The molecule has 0 aliphatic carbocycles. The maximum Gasteiger partial charge on any atom is 0.251 e. The highest BCUT2D eigenvalue weighted by molar-refractivity contribution is 7.99. The van der Waals surface area contributed by atoms with Gasteiger partial charge in [0.2, 0.25) is 5.91 Å². The number of rotatable bonds is 10. The molecule has 2 N–H and O–H groups in total. The zero-order chi connectivity index (χ0) is 23.8. The van der Waals surface area contributed by atoms with Crippen molar-refractivity contribution in [1.29, 1.82) is 0 Å². The van der Waals surface area contributed by atoms with Gasteiger partial charge in [-0.1, -0.05) is 60.7 Å². The maximum atomic E-state index is 12.6. The zero-order valence-corrected chi connectivity index (χ0v) is 20.0. The van der Waals surface area contributed by atoms with Gasteiger partial charge in [0.15, 0.2) is 11.0 Å². The van der Waals surface area contributed by atoms with Gasteiger partial charge in [-0.15, -0.1) is 16.8 Å². The lowest BCUT2D eigenvalue weighted by Gasteiger charge is -2.13. The number of nitrogens with one attached hydrogen (secondary N) is 2. The van der Waals surface area contributed by atoms with Gasteiger partial charge in [-0.25, -0.2) is 0 Å². The molecule has 2 aromatic carbocycles. The molecule has 0 aliphatic rings. The van der Waals surface area contributed by atoms with Crippen molar-refractivity contribution >= 4 is 29.3 Å². The molecule has 0 spiro atoms. The molecule has 0 atom stereocenters. The molecule has 0 aliphatic heterocycles. The smallest absolute Gasteiger partial charge is 0.251 e. The van der Waals surface area contributed by atoms with E-state index in [1.54, 1.807) is 12.1 Å². The number of nitrogens with zero attached hydrogens (tertiary/aromatic N) is 3. The van der Waals surface area contributed by atoms with E-state index >= 15 is 0 Å². The number of aromatic nitrogens is 3. The summed E-state index contributed by atoms with van der Waals surface area (Å²) in [6.07, 6.45) is 2.58. The van der Waals surface area contributed by atoms with E-state index in [0.717, 1.165) is 28.8 Å². The van der Waals surface area contributed by atoms with Crippen LogP contribution in [0.15, 0.2) is 60.3 Å². The quantitative estimate of drug-likeness (QED) is 0.346. The average molecular weight is 464 g/mol. The lowest BCUT2D eigenvalue weighted by molar-refractivity contribution is -0.113. The summed E-state index contributed by atoms with van der Waals surface area (Å²) in [6.45, 7) is 10.5. The molecule has 3 aromatic rings. The Hall–Kier alpha value is -3.39. The lowest BCUT2D eigenvalue weighted by Crippen LogP contribution is -2.25. The minimum Gasteiger partial charge on any atom is -0.345 e. The van der Waals surface area contributed by atoms with Crippen molar-refractivity contribution < 1.29 is 9.59 Å². The Morgan fingerprint density at radius 1 is 1.15 bits per heavy atom. The van der Waals surface area contributed by atoms with E-state index in [2.05, 4.69) is 34.3 Å². The van der Waals surface area contributed by atoms with Crippen LogP contribution in [0.5, 0.6) is 0 Å². The highest BCUT2D eigenvalue weighted by atomic mass is 32.2. The molecule has 0 bridgehead atoms. The standard InChI is InChI=1S/C25H29N5O2S/c1-5-13-30-21(15-26-24(32)20-12-7-9-17(3)14-20)28-29-25(30)33-16-22(31)27-23-18(4)10-8-11-19(23)6-2/h5,7-12,14H,1,6,13,15-16H2,2-4H3,(H,26,32)(H,27,31). The molecule has 2 amide bonds. The van der Waals surface area contributed by atoms with Crippen molar-refractivity contribution in [3.8, 4) is 0 Å². The number of hydrogen-bond donors (Lipinski definition) is 2. The third kappa shape index (κ3) is 6.32. The van der Waals surface area contributed by atoms with E-state index in [9.17, 15) is 9.59 Å². The molecule has 0 saturated carbocycles. The molecule has 0 unspecified atom stereocenters. The highest BCUT2D eigenvalue weighted by Gasteiger charge is 2.16. The summed E-state index contributed by atoms with van der Waals surface area (Å²) in [7, 11) is 0. The number of carbonyl (C=O) groups excluding carboxylic acids is 2. The zero-order valence-electron chi connectivity index (χ0n) is 19.2. The van der Waals surface area contributed by atoms with Crippen molar-refractivity contribution in [2.45, 2.75) is 45.4 Å². The molecule has 1 aromatic heterocycles. The number of thioether (sulfide) groups is 1. The number of para-hydroxylation sites is 1. The third-order valence-corrected chi connectivity index (χ3v) is 6.10. The van der Waals surface area contributed by atoms with Crippen LogP contribution in [0.25, 0.3) is 0 Å². The van der Waals surface area contributed by atoms with Crippen LogP contribution in [0, 0.1) is 13.8 Å². The van der Waals surface area contributed by atoms with Crippen molar-refractivity contribution in [2.24, 2.45) is 0 Å². The molecule has 7 nitrogen and oxygen atoms in total. The van der Waals surface area contributed by atoms with Gasteiger partial charge in [0.1, 0.15) is 0 Å². The highest BCUT2D eigenvalue weighted by Crippen LogP contribution is 2.23. The van der Waals surface area contributed by atoms with Gasteiger partial charge in [-0.05, 0) is 43.5 Å². The van der Waals surface area contributed by atoms with Crippen molar-refractivity contribution in [3.63, 3.8) is 0 Å².